The largest absolute Gasteiger partial charge is 0.506 e. The molecule has 2 aromatic carbocycles. The fourth-order valence-corrected chi connectivity index (χ4v) is 3.03. The Hall–Kier alpha value is -1.39. The summed E-state index contributed by atoms with van der Waals surface area (Å²) in [6.07, 6.45) is 0. The van der Waals surface area contributed by atoms with E-state index >= 15 is 0 Å². The van der Waals surface area contributed by atoms with Gasteiger partial charge >= 0.3 is 0 Å². The van der Waals surface area contributed by atoms with E-state index in [1.807, 2.05) is 42.5 Å². The fourth-order valence-electron chi connectivity index (χ4n) is 1.68. The van der Waals surface area contributed by atoms with Gasteiger partial charge in [0.2, 0.25) is 0 Å². The van der Waals surface area contributed by atoms with E-state index in [4.69, 9.17) is 0 Å². The monoisotopic (exact) mass is 305 g/mol. The molecule has 0 aliphatic rings. The maximum Gasteiger partial charge on any atom is 0.139 e. The number of para-hydroxylation sites is 2. The van der Waals surface area contributed by atoms with Crippen LogP contribution in [0.5, 0.6) is 5.75 Å². The smallest absolute Gasteiger partial charge is 0.139 e. The van der Waals surface area contributed by atoms with E-state index in [0.29, 0.717) is 4.47 Å². The molecule has 0 atom stereocenters. The predicted octanol–water partition coefficient (Wildman–Crippen LogP) is 4.43. The van der Waals surface area contributed by atoms with Gasteiger partial charge in [-0.1, -0.05) is 18.2 Å². The standard InChI is InChI=1S/C13H8BrNOS/c14-9-5-3-4-8(12(9)16)13-15-10-6-1-2-7-11(10)17-13/h1-7,16H. The molecule has 1 heterocycles. The van der Waals surface area contributed by atoms with Crippen LogP contribution in [0.3, 0.4) is 0 Å². The van der Waals surface area contributed by atoms with Crippen LogP contribution in [0.25, 0.3) is 20.8 Å². The van der Waals surface area contributed by atoms with Crippen LogP contribution in [-0.2, 0) is 0 Å². The Bertz CT molecular complexity index is 660. The average Bonchev–Trinajstić information content (AvgIpc) is 2.76. The second kappa shape index (κ2) is 4.13. The number of nitrogens with zero attached hydrogens (tertiary/aromatic N) is 1. The molecule has 0 saturated carbocycles. The molecular formula is C13H8BrNOS. The van der Waals surface area contributed by atoms with Crippen molar-refractivity contribution in [3.05, 3.63) is 46.9 Å². The topological polar surface area (TPSA) is 33.1 Å². The van der Waals surface area contributed by atoms with Crippen molar-refractivity contribution in [1.82, 2.24) is 4.98 Å². The van der Waals surface area contributed by atoms with Crippen LogP contribution >= 0.6 is 27.3 Å². The molecule has 1 aromatic heterocycles. The minimum absolute atomic E-state index is 0.242. The first-order valence-corrected chi connectivity index (χ1v) is 6.70. The average molecular weight is 306 g/mol. The molecule has 84 valence electrons. The van der Waals surface area contributed by atoms with Crippen molar-refractivity contribution in [1.29, 1.82) is 0 Å². The Balaban J connectivity index is 2.24. The highest BCUT2D eigenvalue weighted by molar-refractivity contribution is 9.10. The van der Waals surface area contributed by atoms with Crippen molar-refractivity contribution in [3.8, 4) is 16.3 Å². The summed E-state index contributed by atoms with van der Waals surface area (Å²) in [6.45, 7) is 0. The van der Waals surface area contributed by atoms with Gasteiger partial charge in [-0.2, -0.15) is 0 Å². The lowest BCUT2D eigenvalue weighted by atomic mass is 10.2. The van der Waals surface area contributed by atoms with E-state index in [-0.39, 0.29) is 5.75 Å². The summed E-state index contributed by atoms with van der Waals surface area (Å²) in [4.78, 5) is 4.52. The van der Waals surface area contributed by atoms with Crippen LogP contribution < -0.4 is 0 Å². The fraction of sp³-hybridized carbons (Fsp3) is 0. The van der Waals surface area contributed by atoms with Gasteiger partial charge in [-0.15, -0.1) is 11.3 Å². The summed E-state index contributed by atoms with van der Waals surface area (Å²) >= 11 is 4.90. The first-order chi connectivity index (χ1) is 8.25. The number of phenols is 1. The second-order valence-corrected chi connectivity index (χ2v) is 5.51. The number of halogens is 1. The molecule has 0 fully saturated rings. The van der Waals surface area contributed by atoms with Crippen molar-refractivity contribution in [3.63, 3.8) is 0 Å². The van der Waals surface area contributed by atoms with Crippen LogP contribution in [-0.4, -0.2) is 10.1 Å². The molecule has 0 radical (unpaired) electrons. The molecule has 17 heavy (non-hydrogen) atoms. The summed E-state index contributed by atoms with van der Waals surface area (Å²) in [6, 6.07) is 13.5. The highest BCUT2D eigenvalue weighted by Crippen LogP contribution is 2.38. The molecule has 0 aliphatic carbocycles. The number of fused-ring (bicyclic) bond motifs is 1. The van der Waals surface area contributed by atoms with Gasteiger partial charge in [0.25, 0.3) is 0 Å². The lowest BCUT2D eigenvalue weighted by molar-refractivity contribution is 0.474. The first kappa shape index (κ1) is 10.7. The Labute approximate surface area is 111 Å². The quantitative estimate of drug-likeness (QED) is 0.721. The maximum atomic E-state index is 10.00. The number of phenolic OH excluding ortho intramolecular Hbond substituents is 1. The van der Waals surface area contributed by atoms with Crippen LogP contribution in [0, 0.1) is 0 Å². The van der Waals surface area contributed by atoms with Crippen molar-refractivity contribution < 1.29 is 5.11 Å². The number of thiazole rings is 1. The molecule has 0 aliphatic heterocycles. The van der Waals surface area contributed by atoms with Gasteiger partial charge in [0.05, 0.1) is 20.3 Å². The first-order valence-electron chi connectivity index (χ1n) is 5.09. The predicted molar refractivity (Wildman–Crippen MR) is 74.4 cm³/mol. The third kappa shape index (κ3) is 1.83. The Morgan fingerprint density at radius 3 is 2.71 bits per heavy atom. The van der Waals surface area contributed by atoms with E-state index in [2.05, 4.69) is 20.9 Å². The number of aromatic nitrogens is 1. The zero-order chi connectivity index (χ0) is 11.8. The van der Waals surface area contributed by atoms with Crippen LogP contribution in [0.2, 0.25) is 0 Å². The number of aromatic hydroxyl groups is 1. The minimum atomic E-state index is 0.242. The molecule has 1 N–H and O–H groups in total. The third-order valence-corrected chi connectivity index (χ3v) is 4.22. The van der Waals surface area contributed by atoms with Crippen LogP contribution in [0.15, 0.2) is 46.9 Å². The van der Waals surface area contributed by atoms with Gasteiger partial charge in [0.1, 0.15) is 10.8 Å². The van der Waals surface area contributed by atoms with Crippen LogP contribution in [0.4, 0.5) is 0 Å². The van der Waals surface area contributed by atoms with E-state index < -0.39 is 0 Å². The molecule has 0 spiro atoms. The van der Waals surface area contributed by atoms with Gasteiger partial charge in [-0.05, 0) is 40.2 Å². The molecule has 4 heteroatoms. The lowest BCUT2D eigenvalue weighted by Gasteiger charge is -2.01. The molecule has 2 nitrogen and oxygen atoms in total. The number of benzene rings is 2. The normalized spacial score (nSPS) is 10.9. The summed E-state index contributed by atoms with van der Waals surface area (Å²) in [5, 5.41) is 10.8. The minimum Gasteiger partial charge on any atom is -0.506 e. The summed E-state index contributed by atoms with van der Waals surface area (Å²) in [7, 11) is 0. The molecule has 0 amide bonds. The Kier molecular flexibility index (Phi) is 2.61. The zero-order valence-electron chi connectivity index (χ0n) is 8.72. The molecular weight excluding hydrogens is 298 g/mol. The van der Waals surface area contributed by atoms with E-state index in [1.54, 1.807) is 11.3 Å². The summed E-state index contributed by atoms with van der Waals surface area (Å²) in [5.41, 5.74) is 1.73. The Morgan fingerprint density at radius 1 is 1.06 bits per heavy atom. The van der Waals surface area contributed by atoms with Gasteiger partial charge in [0.15, 0.2) is 0 Å². The van der Waals surface area contributed by atoms with Crippen molar-refractivity contribution in [2.75, 3.05) is 0 Å². The third-order valence-electron chi connectivity index (χ3n) is 2.51. The lowest BCUT2D eigenvalue weighted by Crippen LogP contribution is -1.78. The van der Waals surface area contributed by atoms with Crippen molar-refractivity contribution in [2.45, 2.75) is 0 Å². The highest BCUT2D eigenvalue weighted by Gasteiger charge is 2.11. The zero-order valence-corrected chi connectivity index (χ0v) is 11.1. The number of rotatable bonds is 1. The summed E-state index contributed by atoms with van der Waals surface area (Å²) < 4.78 is 1.82. The van der Waals surface area contributed by atoms with E-state index in [9.17, 15) is 5.11 Å². The van der Waals surface area contributed by atoms with Crippen molar-refractivity contribution >= 4 is 37.5 Å². The number of hydrogen-bond donors (Lipinski definition) is 1. The number of hydrogen-bond acceptors (Lipinski definition) is 3. The molecule has 3 rings (SSSR count). The second-order valence-electron chi connectivity index (χ2n) is 3.62. The molecule has 0 bridgehead atoms. The van der Waals surface area contributed by atoms with Gasteiger partial charge in [-0.3, -0.25) is 0 Å². The summed E-state index contributed by atoms with van der Waals surface area (Å²) in [5.74, 6) is 0.242. The Morgan fingerprint density at radius 2 is 1.88 bits per heavy atom. The maximum absolute atomic E-state index is 10.00. The van der Waals surface area contributed by atoms with Crippen LogP contribution in [0.1, 0.15) is 0 Å². The highest BCUT2D eigenvalue weighted by atomic mass is 79.9. The van der Waals surface area contributed by atoms with E-state index in [0.717, 1.165) is 20.8 Å². The van der Waals surface area contributed by atoms with Crippen molar-refractivity contribution in [2.24, 2.45) is 0 Å². The van der Waals surface area contributed by atoms with Gasteiger partial charge in [0, 0.05) is 0 Å². The molecule has 3 aromatic rings. The van der Waals surface area contributed by atoms with Gasteiger partial charge < -0.3 is 5.11 Å². The molecule has 0 unspecified atom stereocenters. The molecule has 0 saturated heterocycles. The van der Waals surface area contributed by atoms with E-state index in [1.165, 1.54) is 0 Å². The van der Waals surface area contributed by atoms with Gasteiger partial charge in [-0.25, -0.2) is 4.98 Å². The SMILES string of the molecule is Oc1c(Br)cccc1-c1nc2ccccc2s1.